The van der Waals surface area contributed by atoms with E-state index in [-0.39, 0.29) is 12.7 Å². The van der Waals surface area contributed by atoms with E-state index in [4.69, 9.17) is 9.84 Å². The number of carbonyl (C=O) groups is 1. The Kier molecular flexibility index (Phi) is 4.91. The molecule has 0 aromatic carbocycles. The zero-order valence-corrected chi connectivity index (χ0v) is 13.0. The normalized spacial score (nSPS) is 28.1. The first kappa shape index (κ1) is 15.6. The van der Waals surface area contributed by atoms with Crippen molar-refractivity contribution in [3.05, 3.63) is 0 Å². The highest BCUT2D eigenvalue weighted by molar-refractivity contribution is 5.68. The SMILES string of the molecule is CC(C)(C)OC(=O)N1CC[C@@H](N2CC[C@H](CCO)C2)C1. The van der Waals surface area contributed by atoms with E-state index in [1.807, 2.05) is 25.7 Å². The van der Waals surface area contributed by atoms with Gasteiger partial charge in [0.15, 0.2) is 0 Å². The molecule has 0 aromatic heterocycles. The lowest BCUT2D eigenvalue weighted by Crippen LogP contribution is -2.39. The average Bonchev–Trinajstić information content (AvgIpc) is 2.94. The van der Waals surface area contributed by atoms with Crippen LogP contribution < -0.4 is 0 Å². The molecule has 2 rings (SSSR count). The minimum atomic E-state index is -0.422. The summed E-state index contributed by atoms with van der Waals surface area (Å²) < 4.78 is 5.43. The van der Waals surface area contributed by atoms with E-state index >= 15 is 0 Å². The maximum absolute atomic E-state index is 12.0. The van der Waals surface area contributed by atoms with Gasteiger partial charge in [-0.3, -0.25) is 4.90 Å². The fraction of sp³-hybridized carbons (Fsp3) is 0.933. The summed E-state index contributed by atoms with van der Waals surface area (Å²) in [6, 6.07) is 0.464. The number of hydrogen-bond acceptors (Lipinski definition) is 4. The van der Waals surface area contributed by atoms with Gasteiger partial charge in [-0.25, -0.2) is 4.79 Å². The van der Waals surface area contributed by atoms with Crippen LogP contribution in [0.3, 0.4) is 0 Å². The van der Waals surface area contributed by atoms with E-state index in [9.17, 15) is 4.79 Å². The molecule has 0 aliphatic carbocycles. The van der Waals surface area contributed by atoms with Crippen molar-refractivity contribution < 1.29 is 14.6 Å². The van der Waals surface area contributed by atoms with Crippen LogP contribution in [0.25, 0.3) is 0 Å². The lowest BCUT2D eigenvalue weighted by molar-refractivity contribution is 0.0282. The van der Waals surface area contributed by atoms with E-state index < -0.39 is 5.60 Å². The van der Waals surface area contributed by atoms with E-state index in [1.54, 1.807) is 0 Å². The molecule has 1 N–H and O–H groups in total. The molecule has 0 unspecified atom stereocenters. The highest BCUT2D eigenvalue weighted by atomic mass is 16.6. The molecule has 2 heterocycles. The lowest BCUT2D eigenvalue weighted by atomic mass is 10.1. The monoisotopic (exact) mass is 284 g/mol. The van der Waals surface area contributed by atoms with Crippen molar-refractivity contribution in [2.75, 3.05) is 32.8 Å². The van der Waals surface area contributed by atoms with Crippen LogP contribution in [0.2, 0.25) is 0 Å². The third kappa shape index (κ3) is 4.09. The molecule has 0 radical (unpaired) electrons. The summed E-state index contributed by atoms with van der Waals surface area (Å²) in [5.74, 6) is 0.621. The van der Waals surface area contributed by atoms with Crippen LogP contribution in [0.1, 0.15) is 40.0 Å². The Balaban J connectivity index is 1.79. The minimum Gasteiger partial charge on any atom is -0.444 e. The minimum absolute atomic E-state index is 0.189. The van der Waals surface area contributed by atoms with Crippen LogP contribution in [0, 0.1) is 5.92 Å². The Morgan fingerprint density at radius 2 is 2.00 bits per heavy atom. The van der Waals surface area contributed by atoms with Crippen molar-refractivity contribution in [3.8, 4) is 0 Å². The van der Waals surface area contributed by atoms with E-state index in [1.165, 1.54) is 6.42 Å². The molecule has 2 saturated heterocycles. The van der Waals surface area contributed by atoms with Gasteiger partial charge in [0.05, 0.1) is 0 Å². The second-order valence-corrected chi connectivity index (χ2v) is 7.03. The van der Waals surface area contributed by atoms with Crippen molar-refractivity contribution in [1.82, 2.24) is 9.80 Å². The maximum Gasteiger partial charge on any atom is 0.410 e. The molecule has 2 aliphatic heterocycles. The quantitative estimate of drug-likeness (QED) is 0.857. The van der Waals surface area contributed by atoms with Crippen molar-refractivity contribution in [3.63, 3.8) is 0 Å². The maximum atomic E-state index is 12.0. The number of amides is 1. The summed E-state index contributed by atoms with van der Waals surface area (Å²) in [6.07, 6.45) is 2.92. The number of rotatable bonds is 3. The Bertz CT molecular complexity index is 341. The Morgan fingerprint density at radius 1 is 1.25 bits per heavy atom. The van der Waals surface area contributed by atoms with Crippen LogP contribution in [-0.4, -0.2) is 65.4 Å². The number of aliphatic hydroxyl groups is 1. The number of likely N-dealkylation sites (tertiary alicyclic amines) is 2. The van der Waals surface area contributed by atoms with E-state index in [2.05, 4.69) is 4.90 Å². The number of aliphatic hydroxyl groups excluding tert-OH is 1. The summed E-state index contributed by atoms with van der Waals surface area (Å²) in [4.78, 5) is 16.3. The zero-order chi connectivity index (χ0) is 14.8. The van der Waals surface area contributed by atoms with Gasteiger partial charge in [-0.05, 0) is 52.5 Å². The van der Waals surface area contributed by atoms with Crippen LogP contribution in [-0.2, 0) is 4.74 Å². The first-order chi connectivity index (χ1) is 9.39. The first-order valence-corrected chi connectivity index (χ1v) is 7.72. The molecule has 0 bridgehead atoms. The molecular weight excluding hydrogens is 256 g/mol. The Morgan fingerprint density at radius 3 is 2.65 bits per heavy atom. The Labute approximate surface area is 121 Å². The topological polar surface area (TPSA) is 53.0 Å². The van der Waals surface area contributed by atoms with Gasteiger partial charge in [0.25, 0.3) is 0 Å². The summed E-state index contributed by atoms with van der Waals surface area (Å²) in [5.41, 5.74) is -0.422. The molecule has 2 atom stereocenters. The molecule has 1 amide bonds. The largest absolute Gasteiger partial charge is 0.444 e. The van der Waals surface area contributed by atoms with Gasteiger partial charge < -0.3 is 14.7 Å². The third-order valence-electron chi connectivity index (χ3n) is 4.19. The molecule has 5 nitrogen and oxygen atoms in total. The fourth-order valence-electron chi connectivity index (χ4n) is 3.14. The van der Waals surface area contributed by atoms with Crippen LogP contribution in [0.15, 0.2) is 0 Å². The molecule has 2 fully saturated rings. The highest BCUT2D eigenvalue weighted by Crippen LogP contribution is 2.26. The van der Waals surface area contributed by atoms with Crippen molar-refractivity contribution in [2.45, 2.75) is 51.7 Å². The van der Waals surface area contributed by atoms with Crippen LogP contribution >= 0.6 is 0 Å². The zero-order valence-electron chi connectivity index (χ0n) is 13.0. The van der Waals surface area contributed by atoms with Crippen molar-refractivity contribution in [1.29, 1.82) is 0 Å². The first-order valence-electron chi connectivity index (χ1n) is 7.72. The second-order valence-electron chi connectivity index (χ2n) is 7.03. The predicted octanol–water partition coefficient (Wildman–Crippen LogP) is 1.70. The van der Waals surface area contributed by atoms with Gasteiger partial charge in [0, 0.05) is 32.3 Å². The standard InChI is InChI=1S/C15H28N2O3/c1-15(2,3)20-14(19)17-8-5-13(11-17)16-7-4-12(10-16)6-9-18/h12-13,18H,4-11H2,1-3H3/t12-,13-/m1/s1. The summed E-state index contributed by atoms with van der Waals surface area (Å²) in [7, 11) is 0. The van der Waals surface area contributed by atoms with Crippen LogP contribution in [0.5, 0.6) is 0 Å². The van der Waals surface area contributed by atoms with Gasteiger partial charge >= 0.3 is 6.09 Å². The average molecular weight is 284 g/mol. The van der Waals surface area contributed by atoms with Gasteiger partial charge in [0.1, 0.15) is 5.60 Å². The van der Waals surface area contributed by atoms with Gasteiger partial charge in [-0.15, -0.1) is 0 Å². The van der Waals surface area contributed by atoms with Gasteiger partial charge in [-0.2, -0.15) is 0 Å². The summed E-state index contributed by atoms with van der Waals surface area (Å²) >= 11 is 0. The molecule has 0 saturated carbocycles. The van der Waals surface area contributed by atoms with Gasteiger partial charge in [-0.1, -0.05) is 0 Å². The molecule has 20 heavy (non-hydrogen) atoms. The number of carbonyl (C=O) groups excluding carboxylic acids is 1. The summed E-state index contributed by atoms with van der Waals surface area (Å²) in [6.45, 7) is 9.72. The molecular formula is C15H28N2O3. The van der Waals surface area contributed by atoms with E-state index in [0.717, 1.165) is 39.0 Å². The fourth-order valence-corrected chi connectivity index (χ4v) is 3.14. The predicted molar refractivity (Wildman–Crippen MR) is 77.6 cm³/mol. The molecule has 116 valence electrons. The highest BCUT2D eigenvalue weighted by Gasteiger charge is 2.35. The van der Waals surface area contributed by atoms with Crippen molar-refractivity contribution >= 4 is 6.09 Å². The van der Waals surface area contributed by atoms with Crippen LogP contribution in [0.4, 0.5) is 4.79 Å². The lowest BCUT2D eigenvalue weighted by Gasteiger charge is -2.26. The molecule has 2 aliphatic rings. The molecule has 0 spiro atoms. The number of ether oxygens (including phenoxy) is 1. The third-order valence-corrected chi connectivity index (χ3v) is 4.19. The Hall–Kier alpha value is -0.810. The molecule has 5 heteroatoms. The number of hydrogen-bond donors (Lipinski definition) is 1. The molecule has 0 aromatic rings. The van der Waals surface area contributed by atoms with Gasteiger partial charge in [0.2, 0.25) is 0 Å². The smallest absolute Gasteiger partial charge is 0.410 e. The van der Waals surface area contributed by atoms with Crippen molar-refractivity contribution in [2.24, 2.45) is 5.92 Å². The number of nitrogens with zero attached hydrogens (tertiary/aromatic N) is 2. The summed E-state index contributed by atoms with van der Waals surface area (Å²) in [5, 5.41) is 9.01. The second kappa shape index (κ2) is 6.31. The van der Waals surface area contributed by atoms with E-state index in [0.29, 0.717) is 12.0 Å².